The van der Waals surface area contributed by atoms with Gasteiger partial charge in [-0.1, -0.05) is 67.1 Å². The molecule has 0 spiro atoms. The van der Waals surface area contributed by atoms with Crippen molar-refractivity contribution in [1.82, 2.24) is 0 Å². The molecule has 7 heteroatoms. The quantitative estimate of drug-likeness (QED) is 0.152. The lowest BCUT2D eigenvalue weighted by Crippen LogP contribution is -2.35. The maximum Gasteiger partial charge on any atom is 0.331 e. The van der Waals surface area contributed by atoms with Crippen LogP contribution >= 0.6 is 7.60 Å². The fraction of sp³-hybridized carbons (Fsp3) is 0.517. The number of ether oxygens (including phenoxy) is 1. The number of benzene rings is 2. The fourth-order valence-corrected chi connectivity index (χ4v) is 6.74. The summed E-state index contributed by atoms with van der Waals surface area (Å²) >= 11 is 0. The van der Waals surface area contributed by atoms with Crippen molar-refractivity contribution in [3.63, 3.8) is 0 Å². The number of hydrogen-bond acceptors (Lipinski definition) is 6. The molecule has 0 saturated heterocycles. The second kappa shape index (κ2) is 14.3. The number of nitriles is 1. The molecule has 0 aromatic heterocycles. The van der Waals surface area contributed by atoms with Crippen LogP contribution in [-0.4, -0.2) is 31.4 Å². The van der Waals surface area contributed by atoms with Gasteiger partial charge in [0.2, 0.25) is 0 Å². The highest BCUT2D eigenvalue weighted by atomic mass is 31.2. The molecule has 36 heavy (non-hydrogen) atoms. The van der Waals surface area contributed by atoms with E-state index in [2.05, 4.69) is 54.6 Å². The number of carbonyl (C=O) groups is 1. The third kappa shape index (κ3) is 8.03. The van der Waals surface area contributed by atoms with Crippen molar-refractivity contribution in [2.75, 3.05) is 19.4 Å². The van der Waals surface area contributed by atoms with Crippen LogP contribution in [-0.2, 0) is 28.6 Å². The SMILES string of the molecule is CCOC(=O)CCCCCOP(=O)(CCC#N)OC1CCC(c2ccccc2)(c2ccccc2)CC1. The first-order valence-electron chi connectivity index (χ1n) is 13.1. The van der Waals surface area contributed by atoms with Crippen LogP contribution in [0, 0.1) is 11.3 Å². The summed E-state index contributed by atoms with van der Waals surface area (Å²) < 4.78 is 30.3. The molecule has 3 rings (SSSR count). The molecule has 6 nitrogen and oxygen atoms in total. The highest BCUT2D eigenvalue weighted by Crippen LogP contribution is 2.54. The molecule has 0 amide bonds. The summed E-state index contributed by atoms with van der Waals surface area (Å²) in [6, 6.07) is 23.2. The minimum absolute atomic E-state index is 0.0984. The van der Waals surface area contributed by atoms with Crippen LogP contribution in [0.4, 0.5) is 0 Å². The summed E-state index contributed by atoms with van der Waals surface area (Å²) in [5.41, 5.74) is 2.49. The normalized spacial score (nSPS) is 17.1. The Hall–Kier alpha value is -2.45. The predicted octanol–water partition coefficient (Wildman–Crippen LogP) is 7.18. The zero-order chi connectivity index (χ0) is 25.7. The summed E-state index contributed by atoms with van der Waals surface area (Å²) in [6.07, 6.45) is 5.90. The van der Waals surface area contributed by atoms with E-state index in [0.717, 1.165) is 32.1 Å². The standard InChI is InChI=1S/C29H38NO5P/c1-2-33-28(31)17-10-5-11-23-34-36(32,24-12-22-30)35-27-18-20-29(21-19-27,25-13-6-3-7-14-25)26-15-8-4-9-16-26/h3-4,6-9,13-16,27H,2,5,10-12,17-21,23-24H2,1H3. The highest BCUT2D eigenvalue weighted by Gasteiger charge is 2.40. The van der Waals surface area contributed by atoms with E-state index in [9.17, 15) is 9.36 Å². The molecule has 0 bridgehead atoms. The predicted molar refractivity (Wildman–Crippen MR) is 141 cm³/mol. The molecule has 1 saturated carbocycles. The summed E-state index contributed by atoms with van der Waals surface area (Å²) in [6.45, 7) is 2.47. The lowest BCUT2D eigenvalue weighted by Gasteiger charge is -2.41. The average molecular weight is 512 g/mol. The maximum atomic E-state index is 13.5. The third-order valence-corrected chi connectivity index (χ3v) is 8.83. The Morgan fingerprint density at radius 3 is 2.17 bits per heavy atom. The number of carbonyl (C=O) groups excluding carboxylic acids is 1. The number of rotatable bonds is 14. The van der Waals surface area contributed by atoms with Crippen LogP contribution in [0.1, 0.15) is 75.8 Å². The van der Waals surface area contributed by atoms with Crippen LogP contribution in [0.2, 0.25) is 0 Å². The Bertz CT molecular complexity index is 971. The molecule has 1 aliphatic carbocycles. The molecule has 1 atom stereocenters. The maximum absolute atomic E-state index is 13.5. The smallest absolute Gasteiger partial charge is 0.331 e. The number of hydrogen-bond donors (Lipinski definition) is 0. The molecule has 1 unspecified atom stereocenters. The molecule has 2 aromatic carbocycles. The molecule has 0 radical (unpaired) electrons. The van der Waals surface area contributed by atoms with Crippen molar-refractivity contribution in [3.05, 3.63) is 71.8 Å². The van der Waals surface area contributed by atoms with Crippen LogP contribution in [0.5, 0.6) is 0 Å². The van der Waals surface area contributed by atoms with Crippen LogP contribution < -0.4 is 0 Å². The van der Waals surface area contributed by atoms with Crippen molar-refractivity contribution in [3.8, 4) is 6.07 Å². The van der Waals surface area contributed by atoms with Gasteiger partial charge < -0.3 is 13.8 Å². The number of esters is 1. The molecule has 194 valence electrons. The van der Waals surface area contributed by atoms with E-state index < -0.39 is 7.60 Å². The topological polar surface area (TPSA) is 85.6 Å². The van der Waals surface area contributed by atoms with E-state index in [-0.39, 0.29) is 36.7 Å². The first kappa shape index (κ1) is 28.1. The van der Waals surface area contributed by atoms with E-state index in [1.807, 2.05) is 12.1 Å². The van der Waals surface area contributed by atoms with E-state index in [1.54, 1.807) is 6.92 Å². The summed E-state index contributed by atoms with van der Waals surface area (Å²) in [7, 11) is -3.38. The molecule has 2 aromatic rings. The summed E-state index contributed by atoms with van der Waals surface area (Å²) in [4.78, 5) is 11.5. The van der Waals surface area contributed by atoms with Gasteiger partial charge in [-0.25, -0.2) is 0 Å². The Kier molecular flexibility index (Phi) is 11.2. The van der Waals surface area contributed by atoms with E-state index in [1.165, 1.54) is 11.1 Å². The summed E-state index contributed by atoms with van der Waals surface area (Å²) in [5.74, 6) is -0.194. The largest absolute Gasteiger partial charge is 0.466 e. The first-order valence-corrected chi connectivity index (χ1v) is 14.8. The molecular formula is C29H38NO5P. The van der Waals surface area contributed by atoms with Crippen molar-refractivity contribution in [2.45, 2.75) is 76.2 Å². The minimum atomic E-state index is -3.38. The second-order valence-electron chi connectivity index (χ2n) is 9.31. The van der Waals surface area contributed by atoms with Gasteiger partial charge in [-0.3, -0.25) is 9.36 Å². The average Bonchev–Trinajstić information content (AvgIpc) is 2.91. The van der Waals surface area contributed by atoms with E-state index in [0.29, 0.717) is 25.9 Å². The zero-order valence-electron chi connectivity index (χ0n) is 21.3. The lowest BCUT2D eigenvalue weighted by atomic mass is 9.65. The van der Waals surface area contributed by atoms with Gasteiger partial charge in [0, 0.05) is 18.3 Å². The van der Waals surface area contributed by atoms with E-state index >= 15 is 0 Å². The van der Waals surface area contributed by atoms with Crippen LogP contribution in [0.15, 0.2) is 60.7 Å². The Morgan fingerprint density at radius 2 is 1.61 bits per heavy atom. The molecule has 0 heterocycles. The second-order valence-corrected chi connectivity index (χ2v) is 11.4. The Labute approximate surface area is 215 Å². The molecule has 0 aliphatic heterocycles. The van der Waals surface area contributed by atoms with Crippen molar-refractivity contribution < 1.29 is 23.1 Å². The van der Waals surface area contributed by atoms with Gasteiger partial charge in [0.1, 0.15) is 0 Å². The van der Waals surface area contributed by atoms with Crippen molar-refractivity contribution >= 4 is 13.6 Å². The zero-order valence-corrected chi connectivity index (χ0v) is 22.2. The molecule has 1 fully saturated rings. The molecule has 1 aliphatic rings. The van der Waals surface area contributed by atoms with Gasteiger partial charge >= 0.3 is 13.6 Å². The highest BCUT2D eigenvalue weighted by molar-refractivity contribution is 7.53. The number of nitrogens with zero attached hydrogens (tertiary/aromatic N) is 1. The van der Waals surface area contributed by atoms with Gasteiger partial charge in [-0.2, -0.15) is 5.26 Å². The fourth-order valence-electron chi connectivity index (χ4n) is 4.99. The lowest BCUT2D eigenvalue weighted by molar-refractivity contribution is -0.143. The molecule has 0 N–H and O–H groups in total. The van der Waals surface area contributed by atoms with Gasteiger partial charge in [-0.15, -0.1) is 0 Å². The van der Waals surface area contributed by atoms with Crippen LogP contribution in [0.3, 0.4) is 0 Å². The Morgan fingerprint density at radius 1 is 1.00 bits per heavy atom. The van der Waals surface area contributed by atoms with Crippen molar-refractivity contribution in [2.24, 2.45) is 0 Å². The van der Waals surface area contributed by atoms with Gasteiger partial charge in [0.15, 0.2) is 0 Å². The van der Waals surface area contributed by atoms with Gasteiger partial charge in [0.25, 0.3) is 0 Å². The summed E-state index contributed by atoms with van der Waals surface area (Å²) in [5, 5.41) is 9.07. The first-order chi connectivity index (χ1) is 17.5. The van der Waals surface area contributed by atoms with E-state index in [4.69, 9.17) is 19.0 Å². The van der Waals surface area contributed by atoms with Crippen molar-refractivity contribution in [1.29, 1.82) is 5.26 Å². The third-order valence-electron chi connectivity index (χ3n) is 6.86. The number of unbranched alkanes of at least 4 members (excludes halogenated alkanes) is 2. The van der Waals surface area contributed by atoms with Crippen LogP contribution in [0.25, 0.3) is 0 Å². The van der Waals surface area contributed by atoms with Gasteiger partial charge in [-0.05, 0) is 56.6 Å². The minimum Gasteiger partial charge on any atom is -0.466 e. The Balaban J connectivity index is 1.58. The molecular weight excluding hydrogens is 473 g/mol. The monoisotopic (exact) mass is 511 g/mol. The van der Waals surface area contributed by atoms with Gasteiger partial charge in [0.05, 0.1) is 31.5 Å².